The van der Waals surface area contributed by atoms with Crippen LogP contribution in [0.3, 0.4) is 0 Å². The number of halogens is 4. The summed E-state index contributed by atoms with van der Waals surface area (Å²) in [6.45, 7) is 0.967. The van der Waals surface area contributed by atoms with Crippen LogP contribution in [0.1, 0.15) is 11.1 Å². The Balaban J connectivity index is 1.76. The van der Waals surface area contributed by atoms with Crippen molar-refractivity contribution in [3.8, 4) is 0 Å². The summed E-state index contributed by atoms with van der Waals surface area (Å²) in [7, 11) is -8.09. The molecular weight excluding hydrogens is 555 g/mol. The number of alkyl halides is 3. The number of hydrogen-bond acceptors (Lipinski definition) is 5. The van der Waals surface area contributed by atoms with Crippen molar-refractivity contribution >= 4 is 54.6 Å². The summed E-state index contributed by atoms with van der Waals surface area (Å²) >= 11 is 5.60. The predicted octanol–water partition coefficient (Wildman–Crippen LogP) is 4.87. The lowest BCUT2D eigenvalue weighted by atomic mass is 10.2. The molecule has 0 aromatic heterocycles. The first-order valence-electron chi connectivity index (χ1n) is 10.4. The third-order valence-corrected chi connectivity index (χ3v) is 7.82. The third kappa shape index (κ3) is 7.37. The van der Waals surface area contributed by atoms with Crippen molar-refractivity contribution in [2.45, 2.75) is 18.0 Å². The number of amides is 1. The van der Waals surface area contributed by atoms with Gasteiger partial charge in [0.25, 0.3) is 10.0 Å². The number of carbonyl (C=O) groups excluding carboxylic acids is 1. The van der Waals surface area contributed by atoms with E-state index in [0.717, 1.165) is 24.0 Å². The molecule has 14 heteroatoms. The van der Waals surface area contributed by atoms with Gasteiger partial charge < -0.3 is 5.32 Å². The van der Waals surface area contributed by atoms with E-state index in [1.165, 1.54) is 24.3 Å². The van der Waals surface area contributed by atoms with Gasteiger partial charge in [-0.25, -0.2) is 16.8 Å². The first-order chi connectivity index (χ1) is 17.1. The molecule has 3 aromatic rings. The molecule has 0 bridgehead atoms. The summed E-state index contributed by atoms with van der Waals surface area (Å²) in [6, 6.07) is 14.3. The minimum Gasteiger partial charge on any atom is -0.325 e. The van der Waals surface area contributed by atoms with E-state index in [0.29, 0.717) is 16.1 Å². The van der Waals surface area contributed by atoms with Gasteiger partial charge in [-0.05, 0) is 67.1 Å². The number of anilines is 3. The number of sulfonamides is 2. The van der Waals surface area contributed by atoms with Crippen LogP contribution in [0.4, 0.5) is 30.2 Å². The Morgan fingerprint density at radius 2 is 1.59 bits per heavy atom. The van der Waals surface area contributed by atoms with Crippen molar-refractivity contribution in [3.05, 3.63) is 82.9 Å². The lowest BCUT2D eigenvalue weighted by Crippen LogP contribution is -2.37. The van der Waals surface area contributed by atoms with Gasteiger partial charge in [-0.3, -0.25) is 13.8 Å². The maximum atomic E-state index is 13.2. The molecule has 0 heterocycles. The first kappa shape index (κ1) is 28.3. The monoisotopic (exact) mass is 575 g/mol. The number of benzene rings is 3. The highest BCUT2D eigenvalue weighted by Crippen LogP contribution is 2.37. The van der Waals surface area contributed by atoms with Gasteiger partial charge in [0.15, 0.2) is 0 Å². The molecule has 0 radical (unpaired) electrons. The molecule has 198 valence electrons. The second-order valence-corrected chi connectivity index (χ2v) is 12.0. The number of aryl methyl sites for hydroxylation is 1. The molecule has 1 amide bonds. The number of nitrogens with zero attached hydrogens (tertiary/aromatic N) is 1. The lowest BCUT2D eigenvalue weighted by molar-refractivity contribution is -0.137. The molecule has 3 aromatic carbocycles. The van der Waals surface area contributed by atoms with Crippen LogP contribution in [0.15, 0.2) is 71.6 Å². The fourth-order valence-corrected chi connectivity index (χ4v) is 5.38. The molecule has 37 heavy (non-hydrogen) atoms. The summed E-state index contributed by atoms with van der Waals surface area (Å²) in [6.07, 6.45) is -4.10. The summed E-state index contributed by atoms with van der Waals surface area (Å²) in [5.41, 5.74) is -0.293. The second-order valence-electron chi connectivity index (χ2n) is 7.98. The van der Waals surface area contributed by atoms with Gasteiger partial charge in [0.2, 0.25) is 15.9 Å². The van der Waals surface area contributed by atoms with Gasteiger partial charge in [0.1, 0.15) is 6.54 Å². The van der Waals surface area contributed by atoms with E-state index in [-0.39, 0.29) is 10.6 Å². The van der Waals surface area contributed by atoms with Crippen LogP contribution < -0.4 is 14.3 Å². The van der Waals surface area contributed by atoms with Crippen molar-refractivity contribution in [1.29, 1.82) is 0 Å². The zero-order valence-electron chi connectivity index (χ0n) is 19.4. The Hall–Kier alpha value is -3.29. The Bertz CT molecular complexity index is 1530. The van der Waals surface area contributed by atoms with E-state index >= 15 is 0 Å². The molecular formula is C23H21ClF3N3O5S2. The van der Waals surface area contributed by atoms with Gasteiger partial charge in [0, 0.05) is 11.4 Å². The zero-order chi connectivity index (χ0) is 27.6. The number of nitrogens with one attached hydrogen (secondary N) is 2. The largest absolute Gasteiger partial charge is 0.417 e. The lowest BCUT2D eigenvalue weighted by Gasteiger charge is -2.23. The molecule has 0 aliphatic rings. The number of hydrogen-bond donors (Lipinski definition) is 2. The fraction of sp³-hybridized carbons (Fsp3) is 0.174. The smallest absolute Gasteiger partial charge is 0.325 e. The Morgan fingerprint density at radius 3 is 2.16 bits per heavy atom. The maximum Gasteiger partial charge on any atom is 0.417 e. The van der Waals surface area contributed by atoms with Crippen molar-refractivity contribution in [1.82, 2.24) is 0 Å². The Kier molecular flexibility index (Phi) is 8.10. The molecule has 0 aliphatic carbocycles. The van der Waals surface area contributed by atoms with Crippen molar-refractivity contribution in [2.75, 3.05) is 27.1 Å². The number of rotatable bonds is 8. The van der Waals surface area contributed by atoms with Crippen molar-refractivity contribution in [2.24, 2.45) is 0 Å². The van der Waals surface area contributed by atoms with Gasteiger partial charge >= 0.3 is 6.18 Å². The van der Waals surface area contributed by atoms with E-state index in [4.69, 9.17) is 11.6 Å². The molecule has 0 unspecified atom stereocenters. The SMILES string of the molecule is Cc1cccc(NS(=O)(=O)c2ccc(NC(=O)CN(c3ccc(Cl)c(C(F)(F)F)c3)S(C)(=O)=O)cc2)c1. The normalized spacial score (nSPS) is 12.2. The molecule has 3 rings (SSSR count). The Labute approximate surface area is 217 Å². The maximum absolute atomic E-state index is 13.2. The van der Waals surface area contributed by atoms with Crippen molar-refractivity contribution in [3.63, 3.8) is 0 Å². The van der Waals surface area contributed by atoms with E-state index in [9.17, 15) is 34.8 Å². The van der Waals surface area contributed by atoms with Crippen LogP contribution >= 0.6 is 11.6 Å². The molecule has 0 fully saturated rings. The predicted molar refractivity (Wildman–Crippen MR) is 136 cm³/mol. The summed E-state index contributed by atoms with van der Waals surface area (Å²) < 4.78 is 92.3. The van der Waals surface area contributed by atoms with Crippen LogP contribution in [0.5, 0.6) is 0 Å². The van der Waals surface area contributed by atoms with Crippen LogP contribution in [0, 0.1) is 6.92 Å². The van der Waals surface area contributed by atoms with Gasteiger partial charge in [-0.15, -0.1) is 0 Å². The van der Waals surface area contributed by atoms with Crippen molar-refractivity contribution < 1.29 is 34.8 Å². The van der Waals surface area contributed by atoms with E-state index in [2.05, 4.69) is 10.0 Å². The average Bonchev–Trinajstić information content (AvgIpc) is 2.76. The zero-order valence-corrected chi connectivity index (χ0v) is 21.8. The standard InChI is InChI=1S/C23H21ClF3N3O5S2/c1-15-4-3-5-17(12-15)29-37(34,35)19-9-6-16(7-10-19)28-22(31)14-30(36(2,32)33)18-8-11-21(24)20(13-18)23(25,26)27/h3-13,29H,14H2,1-2H3,(H,28,31). The average molecular weight is 576 g/mol. The van der Waals surface area contributed by atoms with Crippen LogP contribution in [0.2, 0.25) is 5.02 Å². The first-order valence-corrected chi connectivity index (χ1v) is 14.1. The summed E-state index contributed by atoms with van der Waals surface area (Å²) in [5, 5.41) is 1.77. The minimum atomic E-state index is -4.84. The van der Waals surface area contributed by atoms with Gasteiger partial charge in [-0.1, -0.05) is 23.7 Å². The summed E-state index contributed by atoms with van der Waals surface area (Å²) in [5.74, 6) is -0.873. The fourth-order valence-electron chi connectivity index (χ4n) is 3.26. The molecule has 0 saturated heterocycles. The third-order valence-electron chi connectivity index (χ3n) is 4.95. The molecule has 0 spiro atoms. The highest BCUT2D eigenvalue weighted by molar-refractivity contribution is 7.92. The number of carbonyl (C=O) groups is 1. The molecule has 0 atom stereocenters. The molecule has 0 aliphatic heterocycles. The Morgan fingerprint density at radius 1 is 0.946 bits per heavy atom. The minimum absolute atomic E-state index is 0.0920. The quantitative estimate of drug-likeness (QED) is 0.398. The second kappa shape index (κ2) is 10.6. The van der Waals surface area contributed by atoms with Gasteiger partial charge in [-0.2, -0.15) is 13.2 Å². The highest BCUT2D eigenvalue weighted by Gasteiger charge is 2.34. The van der Waals surface area contributed by atoms with Gasteiger partial charge in [0.05, 0.1) is 27.4 Å². The highest BCUT2D eigenvalue weighted by atomic mass is 35.5. The van der Waals surface area contributed by atoms with E-state index in [1.807, 2.05) is 13.0 Å². The van der Waals surface area contributed by atoms with Crippen LogP contribution in [-0.4, -0.2) is 35.5 Å². The van der Waals surface area contributed by atoms with E-state index in [1.54, 1.807) is 18.2 Å². The topological polar surface area (TPSA) is 113 Å². The summed E-state index contributed by atoms with van der Waals surface area (Å²) in [4.78, 5) is 12.5. The van der Waals surface area contributed by atoms with E-state index < -0.39 is 54.9 Å². The van der Waals surface area contributed by atoms with Crippen LogP contribution in [-0.2, 0) is 31.0 Å². The van der Waals surface area contributed by atoms with Crippen LogP contribution in [0.25, 0.3) is 0 Å². The molecule has 2 N–H and O–H groups in total. The molecule has 8 nitrogen and oxygen atoms in total. The molecule has 0 saturated carbocycles.